The largest absolute Gasteiger partial charge is 0.336 e. The van der Waals surface area contributed by atoms with Crippen molar-refractivity contribution in [1.82, 2.24) is 24.6 Å². The molecule has 7 heteroatoms. The lowest BCUT2D eigenvalue weighted by molar-refractivity contribution is 0.0647. The second kappa shape index (κ2) is 7.49. The Morgan fingerprint density at radius 3 is 1.80 bits per heavy atom. The first-order valence-corrected chi connectivity index (χ1v) is 8.88. The van der Waals surface area contributed by atoms with E-state index in [4.69, 9.17) is 0 Å². The number of nitrogens with zero attached hydrogens (tertiary/aromatic N) is 5. The smallest absolute Gasteiger partial charge is 0.272 e. The average Bonchev–Trinajstić information content (AvgIpc) is 2.62. The molecule has 0 aromatic carbocycles. The molecule has 25 heavy (non-hydrogen) atoms. The minimum absolute atomic E-state index is 0.00213. The number of amides is 2. The van der Waals surface area contributed by atoms with Gasteiger partial charge in [0, 0.05) is 58.6 Å². The lowest BCUT2D eigenvalue weighted by Crippen LogP contribution is -2.47. The van der Waals surface area contributed by atoms with Crippen LogP contribution in [-0.4, -0.2) is 103 Å². The van der Waals surface area contributed by atoms with E-state index in [-0.39, 0.29) is 11.8 Å². The van der Waals surface area contributed by atoms with E-state index in [2.05, 4.69) is 28.9 Å². The number of pyridine rings is 1. The van der Waals surface area contributed by atoms with Gasteiger partial charge in [0.05, 0.1) is 5.56 Å². The third-order valence-corrected chi connectivity index (χ3v) is 5.11. The number of hydrogen-bond acceptors (Lipinski definition) is 5. The fraction of sp³-hybridized carbons (Fsp3) is 0.611. The SMILES string of the molecule is Cc1cc(C(=O)N2CCN(C)CC2)cnc1C(=O)N1CCN(C)CC1. The minimum atomic E-state index is -0.0378. The summed E-state index contributed by atoms with van der Waals surface area (Å²) in [5, 5.41) is 0. The van der Waals surface area contributed by atoms with Crippen molar-refractivity contribution in [3.8, 4) is 0 Å². The number of aryl methyl sites for hydroxylation is 1. The van der Waals surface area contributed by atoms with E-state index >= 15 is 0 Å². The molecule has 2 aliphatic heterocycles. The molecule has 0 unspecified atom stereocenters. The fourth-order valence-electron chi connectivity index (χ4n) is 3.27. The molecule has 0 aliphatic carbocycles. The second-order valence-electron chi connectivity index (χ2n) is 7.08. The summed E-state index contributed by atoms with van der Waals surface area (Å²) in [4.78, 5) is 37.8. The molecule has 2 aliphatic rings. The van der Waals surface area contributed by atoms with Crippen LogP contribution in [-0.2, 0) is 0 Å². The molecule has 0 spiro atoms. The van der Waals surface area contributed by atoms with Gasteiger partial charge < -0.3 is 19.6 Å². The molecule has 1 aromatic heterocycles. The average molecular weight is 345 g/mol. The Labute approximate surface area is 149 Å². The maximum atomic E-state index is 12.7. The van der Waals surface area contributed by atoms with Crippen molar-refractivity contribution in [2.24, 2.45) is 0 Å². The first-order chi connectivity index (χ1) is 12.0. The molecule has 3 heterocycles. The Hall–Kier alpha value is -1.99. The van der Waals surface area contributed by atoms with Gasteiger partial charge in [0.15, 0.2) is 0 Å². The van der Waals surface area contributed by atoms with E-state index in [0.717, 1.165) is 57.9 Å². The number of carbonyl (C=O) groups excluding carboxylic acids is 2. The molecule has 2 fully saturated rings. The molecule has 1 aromatic rings. The minimum Gasteiger partial charge on any atom is -0.336 e. The Bertz CT molecular complexity index is 647. The van der Waals surface area contributed by atoms with E-state index in [1.807, 2.05) is 16.7 Å². The van der Waals surface area contributed by atoms with Gasteiger partial charge in [-0.25, -0.2) is 4.98 Å². The zero-order valence-electron chi connectivity index (χ0n) is 15.4. The monoisotopic (exact) mass is 345 g/mol. The van der Waals surface area contributed by atoms with Crippen LogP contribution in [0.4, 0.5) is 0 Å². The molecule has 2 saturated heterocycles. The van der Waals surface area contributed by atoms with Crippen LogP contribution in [0.15, 0.2) is 12.3 Å². The Kier molecular flexibility index (Phi) is 5.34. The van der Waals surface area contributed by atoms with Crippen molar-refractivity contribution in [3.63, 3.8) is 0 Å². The van der Waals surface area contributed by atoms with Gasteiger partial charge in [-0.1, -0.05) is 0 Å². The van der Waals surface area contributed by atoms with E-state index in [9.17, 15) is 9.59 Å². The lowest BCUT2D eigenvalue weighted by Gasteiger charge is -2.33. The normalized spacial score (nSPS) is 20.0. The molecule has 7 nitrogen and oxygen atoms in total. The van der Waals surface area contributed by atoms with Crippen molar-refractivity contribution < 1.29 is 9.59 Å². The number of rotatable bonds is 2. The summed E-state index contributed by atoms with van der Waals surface area (Å²) in [5.74, 6) is -0.0357. The molecule has 0 atom stereocenters. The Morgan fingerprint density at radius 1 is 0.840 bits per heavy atom. The highest BCUT2D eigenvalue weighted by Crippen LogP contribution is 2.14. The van der Waals surface area contributed by atoms with Gasteiger partial charge >= 0.3 is 0 Å². The van der Waals surface area contributed by atoms with Crippen LogP contribution in [0.2, 0.25) is 0 Å². The van der Waals surface area contributed by atoms with Crippen LogP contribution < -0.4 is 0 Å². The topological polar surface area (TPSA) is 60.0 Å². The van der Waals surface area contributed by atoms with E-state index in [0.29, 0.717) is 11.3 Å². The molecular formula is C18H27N5O2. The van der Waals surface area contributed by atoms with Crippen LogP contribution in [0.3, 0.4) is 0 Å². The summed E-state index contributed by atoms with van der Waals surface area (Å²) < 4.78 is 0. The van der Waals surface area contributed by atoms with Gasteiger partial charge in [-0.3, -0.25) is 9.59 Å². The maximum Gasteiger partial charge on any atom is 0.272 e. The maximum absolute atomic E-state index is 12.7. The van der Waals surface area contributed by atoms with Crippen molar-refractivity contribution in [2.45, 2.75) is 6.92 Å². The molecular weight excluding hydrogens is 318 g/mol. The molecule has 0 saturated carbocycles. The van der Waals surface area contributed by atoms with Crippen LogP contribution in [0.1, 0.15) is 26.4 Å². The Morgan fingerprint density at radius 2 is 1.32 bits per heavy atom. The molecule has 136 valence electrons. The highest BCUT2D eigenvalue weighted by molar-refractivity contribution is 5.97. The molecule has 0 bridgehead atoms. The van der Waals surface area contributed by atoms with Crippen LogP contribution in [0.25, 0.3) is 0 Å². The highest BCUT2D eigenvalue weighted by Gasteiger charge is 2.25. The quantitative estimate of drug-likeness (QED) is 0.764. The van der Waals surface area contributed by atoms with E-state index in [1.54, 1.807) is 12.3 Å². The van der Waals surface area contributed by atoms with Crippen LogP contribution >= 0.6 is 0 Å². The van der Waals surface area contributed by atoms with Crippen molar-refractivity contribution in [1.29, 1.82) is 0 Å². The number of aromatic nitrogens is 1. The van der Waals surface area contributed by atoms with Crippen molar-refractivity contribution >= 4 is 11.8 Å². The molecule has 3 rings (SSSR count). The van der Waals surface area contributed by atoms with E-state index < -0.39 is 0 Å². The molecule has 2 amide bonds. The van der Waals surface area contributed by atoms with Crippen molar-refractivity contribution in [2.75, 3.05) is 66.5 Å². The summed E-state index contributed by atoms with van der Waals surface area (Å²) in [6, 6.07) is 1.80. The summed E-state index contributed by atoms with van der Waals surface area (Å²) in [6.07, 6.45) is 1.55. The summed E-state index contributed by atoms with van der Waals surface area (Å²) in [6.45, 7) is 8.30. The zero-order valence-corrected chi connectivity index (χ0v) is 15.4. The van der Waals surface area contributed by atoms with Gasteiger partial charge in [0.1, 0.15) is 5.69 Å². The highest BCUT2D eigenvalue weighted by atomic mass is 16.2. The third-order valence-electron chi connectivity index (χ3n) is 5.11. The lowest BCUT2D eigenvalue weighted by atomic mass is 10.1. The first kappa shape index (κ1) is 17.8. The number of carbonyl (C=O) groups is 2. The summed E-state index contributed by atoms with van der Waals surface area (Å²) in [7, 11) is 4.12. The summed E-state index contributed by atoms with van der Waals surface area (Å²) in [5.41, 5.74) is 1.79. The van der Waals surface area contributed by atoms with Crippen molar-refractivity contribution in [3.05, 3.63) is 29.1 Å². The number of piperazine rings is 2. The van der Waals surface area contributed by atoms with Crippen LogP contribution in [0, 0.1) is 6.92 Å². The van der Waals surface area contributed by atoms with Gasteiger partial charge in [0.25, 0.3) is 11.8 Å². The number of hydrogen-bond donors (Lipinski definition) is 0. The second-order valence-corrected chi connectivity index (χ2v) is 7.08. The first-order valence-electron chi connectivity index (χ1n) is 8.88. The van der Waals surface area contributed by atoms with Gasteiger partial charge in [-0.15, -0.1) is 0 Å². The summed E-state index contributed by atoms with van der Waals surface area (Å²) >= 11 is 0. The van der Waals surface area contributed by atoms with Gasteiger partial charge in [0.2, 0.25) is 0 Å². The standard InChI is InChI=1S/C18H27N5O2/c1-14-12-15(17(24)22-8-4-20(2)5-9-22)13-19-16(14)18(25)23-10-6-21(3)7-11-23/h12-13H,4-11H2,1-3H3. The predicted molar refractivity (Wildman–Crippen MR) is 95.8 cm³/mol. The van der Waals surface area contributed by atoms with Crippen LogP contribution in [0.5, 0.6) is 0 Å². The number of likely N-dealkylation sites (N-methyl/N-ethyl adjacent to an activating group) is 2. The van der Waals surface area contributed by atoms with Gasteiger partial charge in [-0.2, -0.15) is 0 Å². The molecule has 0 radical (unpaired) electrons. The Balaban J connectivity index is 1.70. The third kappa shape index (κ3) is 3.99. The molecule has 0 N–H and O–H groups in total. The fourth-order valence-corrected chi connectivity index (χ4v) is 3.27. The predicted octanol–water partition coefficient (Wildman–Crippen LogP) is 0.165. The van der Waals surface area contributed by atoms with E-state index in [1.165, 1.54) is 0 Å². The van der Waals surface area contributed by atoms with Gasteiger partial charge in [-0.05, 0) is 32.6 Å². The zero-order chi connectivity index (χ0) is 18.0.